The molecule has 1 heterocycles. The van der Waals surface area contributed by atoms with Crippen molar-refractivity contribution < 1.29 is 4.92 Å². The summed E-state index contributed by atoms with van der Waals surface area (Å²) in [5.41, 5.74) is 6.40. The maximum atomic E-state index is 10.6. The van der Waals surface area contributed by atoms with E-state index in [4.69, 9.17) is 5.73 Å². The van der Waals surface area contributed by atoms with Crippen molar-refractivity contribution in [3.63, 3.8) is 0 Å². The van der Waals surface area contributed by atoms with Crippen molar-refractivity contribution in [2.24, 2.45) is 0 Å². The van der Waals surface area contributed by atoms with Crippen LogP contribution in [0.1, 0.15) is 13.3 Å². The number of aromatic nitrogens is 3. The smallest absolute Gasteiger partial charge is 0.269 e. The summed E-state index contributed by atoms with van der Waals surface area (Å²) in [6.07, 6.45) is 0.950. The fourth-order valence-electron chi connectivity index (χ4n) is 1.54. The van der Waals surface area contributed by atoms with E-state index in [9.17, 15) is 10.1 Å². The number of hydrogen-bond donors (Lipinski definition) is 2. The van der Waals surface area contributed by atoms with E-state index in [0.717, 1.165) is 13.0 Å². The molecule has 0 saturated carbocycles. The molecule has 0 fully saturated rings. The van der Waals surface area contributed by atoms with Gasteiger partial charge in [-0.15, -0.1) is 5.10 Å². The first kappa shape index (κ1) is 12.8. The number of nitro benzene ring substituents is 1. The minimum absolute atomic E-state index is 0.0202. The fourth-order valence-corrected chi connectivity index (χ4v) is 1.54. The van der Waals surface area contributed by atoms with Gasteiger partial charge in [0.15, 0.2) is 0 Å². The van der Waals surface area contributed by atoms with Crippen molar-refractivity contribution in [2.45, 2.75) is 13.3 Å². The number of nitrogens with one attached hydrogen (secondary N) is 1. The Bertz CT molecular complexity index is 577. The molecule has 2 aromatic rings. The summed E-state index contributed by atoms with van der Waals surface area (Å²) in [7, 11) is 0. The van der Waals surface area contributed by atoms with Gasteiger partial charge in [-0.3, -0.25) is 10.1 Å². The molecule has 0 bridgehead atoms. The van der Waals surface area contributed by atoms with E-state index in [-0.39, 0.29) is 11.6 Å². The van der Waals surface area contributed by atoms with E-state index in [0.29, 0.717) is 11.6 Å². The van der Waals surface area contributed by atoms with E-state index in [1.54, 1.807) is 12.1 Å². The molecule has 0 spiro atoms. The van der Waals surface area contributed by atoms with E-state index >= 15 is 0 Å². The largest absolute Gasteiger partial charge is 0.368 e. The number of nitrogens with two attached hydrogens (primary N) is 1. The molecule has 8 heteroatoms. The van der Waals surface area contributed by atoms with Crippen LogP contribution in [0, 0.1) is 10.1 Å². The molecule has 3 N–H and O–H groups in total. The summed E-state index contributed by atoms with van der Waals surface area (Å²) in [6.45, 7) is 2.79. The van der Waals surface area contributed by atoms with Crippen LogP contribution in [0.5, 0.6) is 0 Å². The standard InChI is InChI=1S/C11H14N6O2/c1-2-7-13-11-14-10(12)16(15-11)8-3-5-9(6-4-8)17(18)19/h3-6H,2,7H2,1H3,(H3,12,13,14,15). The minimum atomic E-state index is -0.456. The van der Waals surface area contributed by atoms with Gasteiger partial charge in [-0.2, -0.15) is 9.67 Å². The van der Waals surface area contributed by atoms with Crippen molar-refractivity contribution >= 4 is 17.6 Å². The summed E-state index contributed by atoms with van der Waals surface area (Å²) in [5.74, 6) is 0.671. The molecule has 0 aliphatic carbocycles. The molecule has 0 saturated heterocycles. The number of anilines is 2. The predicted molar refractivity (Wildman–Crippen MR) is 71.2 cm³/mol. The first-order chi connectivity index (χ1) is 9.11. The summed E-state index contributed by atoms with van der Waals surface area (Å²) in [5, 5.41) is 17.8. The third kappa shape index (κ3) is 2.79. The summed E-state index contributed by atoms with van der Waals surface area (Å²) >= 11 is 0. The zero-order valence-electron chi connectivity index (χ0n) is 10.4. The van der Waals surface area contributed by atoms with Crippen LogP contribution in [0.2, 0.25) is 0 Å². The monoisotopic (exact) mass is 262 g/mol. The lowest BCUT2D eigenvalue weighted by atomic mass is 10.3. The van der Waals surface area contributed by atoms with Gasteiger partial charge in [0, 0.05) is 18.7 Å². The average Bonchev–Trinajstić information content (AvgIpc) is 2.77. The first-order valence-corrected chi connectivity index (χ1v) is 5.83. The Kier molecular flexibility index (Phi) is 3.60. The molecule has 1 aromatic heterocycles. The van der Waals surface area contributed by atoms with Crippen molar-refractivity contribution in [1.82, 2.24) is 14.8 Å². The van der Waals surface area contributed by atoms with Gasteiger partial charge in [0.05, 0.1) is 10.6 Å². The fraction of sp³-hybridized carbons (Fsp3) is 0.273. The Morgan fingerprint density at radius 1 is 1.42 bits per heavy atom. The second kappa shape index (κ2) is 5.34. The highest BCUT2D eigenvalue weighted by Crippen LogP contribution is 2.17. The van der Waals surface area contributed by atoms with Crippen molar-refractivity contribution in [2.75, 3.05) is 17.6 Å². The van der Waals surface area contributed by atoms with Crippen LogP contribution < -0.4 is 11.1 Å². The molecule has 100 valence electrons. The number of rotatable bonds is 5. The molecular weight excluding hydrogens is 248 g/mol. The number of hydrogen-bond acceptors (Lipinski definition) is 6. The minimum Gasteiger partial charge on any atom is -0.368 e. The highest BCUT2D eigenvalue weighted by atomic mass is 16.6. The zero-order valence-corrected chi connectivity index (χ0v) is 10.4. The van der Waals surface area contributed by atoms with Gasteiger partial charge in [0.25, 0.3) is 5.69 Å². The SMILES string of the molecule is CCCNc1nc(N)n(-c2ccc([N+](=O)[O-])cc2)n1. The summed E-state index contributed by atoms with van der Waals surface area (Å²) in [6, 6.07) is 5.95. The number of benzene rings is 1. The second-order valence-electron chi connectivity index (χ2n) is 3.91. The average molecular weight is 262 g/mol. The topological polar surface area (TPSA) is 112 Å². The first-order valence-electron chi connectivity index (χ1n) is 5.83. The Hall–Kier alpha value is -2.64. The molecule has 0 aliphatic rings. The summed E-state index contributed by atoms with van der Waals surface area (Å²) < 4.78 is 1.43. The van der Waals surface area contributed by atoms with Gasteiger partial charge < -0.3 is 11.1 Å². The molecule has 8 nitrogen and oxygen atoms in total. The van der Waals surface area contributed by atoms with E-state index in [2.05, 4.69) is 15.4 Å². The van der Waals surface area contributed by atoms with Crippen LogP contribution in [0.4, 0.5) is 17.6 Å². The number of nitro groups is 1. The van der Waals surface area contributed by atoms with E-state index in [1.807, 2.05) is 6.92 Å². The molecule has 2 rings (SSSR count). The maximum Gasteiger partial charge on any atom is 0.269 e. The van der Waals surface area contributed by atoms with E-state index in [1.165, 1.54) is 16.8 Å². The Balaban J connectivity index is 2.25. The van der Waals surface area contributed by atoms with E-state index < -0.39 is 4.92 Å². The molecule has 19 heavy (non-hydrogen) atoms. The second-order valence-corrected chi connectivity index (χ2v) is 3.91. The molecule has 1 aromatic carbocycles. The predicted octanol–water partition coefficient (Wildman–Crippen LogP) is 1.58. The molecular formula is C11H14N6O2. The maximum absolute atomic E-state index is 10.6. The zero-order chi connectivity index (χ0) is 13.8. The number of nitrogen functional groups attached to an aromatic ring is 1. The Labute approximate surface area is 109 Å². The quantitative estimate of drug-likeness (QED) is 0.625. The highest BCUT2D eigenvalue weighted by molar-refractivity contribution is 5.45. The van der Waals surface area contributed by atoms with Crippen molar-refractivity contribution in [1.29, 1.82) is 0 Å². The highest BCUT2D eigenvalue weighted by Gasteiger charge is 2.10. The molecule has 0 radical (unpaired) electrons. The van der Waals surface area contributed by atoms with Gasteiger partial charge in [-0.05, 0) is 18.6 Å². The molecule has 0 unspecified atom stereocenters. The van der Waals surface area contributed by atoms with Crippen LogP contribution in [0.25, 0.3) is 5.69 Å². The van der Waals surface area contributed by atoms with Gasteiger partial charge >= 0.3 is 0 Å². The Morgan fingerprint density at radius 2 is 2.11 bits per heavy atom. The Morgan fingerprint density at radius 3 is 2.68 bits per heavy atom. The number of non-ortho nitro benzene ring substituents is 1. The van der Waals surface area contributed by atoms with Crippen LogP contribution in [-0.2, 0) is 0 Å². The third-order valence-electron chi connectivity index (χ3n) is 2.47. The van der Waals surface area contributed by atoms with Crippen molar-refractivity contribution in [3.05, 3.63) is 34.4 Å². The molecule has 0 aliphatic heterocycles. The van der Waals surface area contributed by atoms with Gasteiger partial charge in [-0.1, -0.05) is 6.92 Å². The van der Waals surface area contributed by atoms with Crippen LogP contribution in [0.15, 0.2) is 24.3 Å². The van der Waals surface area contributed by atoms with Gasteiger partial charge in [0.2, 0.25) is 11.9 Å². The van der Waals surface area contributed by atoms with Crippen LogP contribution in [0.3, 0.4) is 0 Å². The lowest BCUT2D eigenvalue weighted by Crippen LogP contribution is -2.03. The third-order valence-corrected chi connectivity index (χ3v) is 2.47. The molecule has 0 atom stereocenters. The van der Waals surface area contributed by atoms with Gasteiger partial charge in [0.1, 0.15) is 0 Å². The van der Waals surface area contributed by atoms with Crippen LogP contribution >= 0.6 is 0 Å². The summed E-state index contributed by atoms with van der Waals surface area (Å²) in [4.78, 5) is 14.2. The number of nitrogens with zero attached hydrogens (tertiary/aromatic N) is 4. The normalized spacial score (nSPS) is 10.4. The molecule has 0 amide bonds. The lowest BCUT2D eigenvalue weighted by Gasteiger charge is -2.01. The van der Waals surface area contributed by atoms with Crippen LogP contribution in [-0.4, -0.2) is 26.2 Å². The van der Waals surface area contributed by atoms with Gasteiger partial charge in [-0.25, -0.2) is 0 Å². The van der Waals surface area contributed by atoms with Crippen molar-refractivity contribution in [3.8, 4) is 5.69 Å². The lowest BCUT2D eigenvalue weighted by molar-refractivity contribution is -0.384.